The molecule has 0 amide bonds. The Balaban J connectivity index is 2.43. The average Bonchev–Trinajstić information content (AvgIpc) is 2.52. The van der Waals surface area contributed by atoms with E-state index in [2.05, 4.69) is 10.6 Å². The molecule has 3 N–H and O–H groups in total. The molecule has 0 fully saturated rings. The van der Waals surface area contributed by atoms with Gasteiger partial charge in [-0.25, -0.2) is 0 Å². The van der Waals surface area contributed by atoms with Crippen LogP contribution in [0.2, 0.25) is 0 Å². The molecule has 22 heavy (non-hydrogen) atoms. The number of benzene rings is 1. The van der Waals surface area contributed by atoms with Gasteiger partial charge in [0.1, 0.15) is 0 Å². The molecule has 1 unspecified atom stereocenters. The van der Waals surface area contributed by atoms with Gasteiger partial charge in [0.25, 0.3) is 6.20 Å². The molecule has 1 aromatic carbocycles. The molecule has 0 aliphatic rings. The van der Waals surface area contributed by atoms with E-state index in [-0.39, 0.29) is 12.4 Å². The van der Waals surface area contributed by atoms with Crippen molar-refractivity contribution in [2.75, 3.05) is 31.9 Å². The fourth-order valence-corrected chi connectivity index (χ4v) is 2.19. The van der Waals surface area contributed by atoms with Crippen molar-refractivity contribution in [2.24, 2.45) is 0 Å². The third-order valence-electron chi connectivity index (χ3n) is 2.67. The van der Waals surface area contributed by atoms with Crippen LogP contribution in [-0.4, -0.2) is 41.9 Å². The van der Waals surface area contributed by atoms with Crippen LogP contribution in [0.15, 0.2) is 42.4 Å². The van der Waals surface area contributed by atoms with Crippen molar-refractivity contribution in [3.63, 3.8) is 0 Å². The van der Waals surface area contributed by atoms with E-state index < -0.39 is 11.0 Å². The van der Waals surface area contributed by atoms with Gasteiger partial charge in [0.2, 0.25) is 0 Å². The number of nitrogens with one attached hydrogen (secondary N) is 2. The molecule has 0 aliphatic carbocycles. The van der Waals surface area contributed by atoms with E-state index in [0.29, 0.717) is 12.5 Å². The number of ether oxygens (including phenoxy) is 1. The van der Waals surface area contributed by atoms with Gasteiger partial charge in [-0.15, -0.1) is 11.8 Å². The molecule has 0 radical (unpaired) electrons. The van der Waals surface area contributed by atoms with Crippen LogP contribution in [0, 0.1) is 10.1 Å². The third-order valence-corrected chi connectivity index (χ3v) is 3.56. The number of rotatable bonds is 11. The maximum atomic E-state index is 10.6. The van der Waals surface area contributed by atoms with E-state index in [4.69, 9.17) is 4.74 Å². The predicted molar refractivity (Wildman–Crippen MR) is 86.8 cm³/mol. The molecule has 8 heteroatoms. The van der Waals surface area contributed by atoms with Gasteiger partial charge in [0.05, 0.1) is 17.0 Å². The van der Waals surface area contributed by atoms with Gasteiger partial charge in [0.15, 0.2) is 5.82 Å². The highest BCUT2D eigenvalue weighted by atomic mass is 32.2. The van der Waals surface area contributed by atoms with Gasteiger partial charge in [-0.3, -0.25) is 10.1 Å². The SMILES string of the molecule is COCSCCN/C(=C\[N+](=O)[O-])NCC(O)c1ccccc1. The van der Waals surface area contributed by atoms with Crippen LogP contribution >= 0.6 is 11.8 Å². The highest BCUT2D eigenvalue weighted by Gasteiger charge is 2.09. The molecule has 0 spiro atoms. The van der Waals surface area contributed by atoms with Crippen molar-refractivity contribution < 1.29 is 14.8 Å². The maximum absolute atomic E-state index is 10.6. The van der Waals surface area contributed by atoms with Crippen LogP contribution < -0.4 is 10.6 Å². The highest BCUT2D eigenvalue weighted by Crippen LogP contribution is 2.10. The lowest BCUT2D eigenvalue weighted by molar-refractivity contribution is -0.404. The summed E-state index contributed by atoms with van der Waals surface area (Å²) in [5, 5.41) is 26.5. The first-order chi connectivity index (χ1) is 10.6. The van der Waals surface area contributed by atoms with Crippen molar-refractivity contribution in [1.29, 1.82) is 0 Å². The Morgan fingerprint density at radius 2 is 2.18 bits per heavy atom. The summed E-state index contributed by atoms with van der Waals surface area (Å²) in [6.45, 7) is 0.740. The largest absolute Gasteiger partial charge is 0.387 e. The van der Waals surface area contributed by atoms with E-state index in [1.165, 1.54) is 0 Å². The molecule has 1 atom stereocenters. The molecule has 0 aliphatic heterocycles. The Bertz CT molecular complexity index is 470. The predicted octanol–water partition coefficient (Wildman–Crippen LogP) is 1.31. The number of methoxy groups -OCH3 is 1. The quantitative estimate of drug-likeness (QED) is 0.244. The van der Waals surface area contributed by atoms with Crippen molar-refractivity contribution in [1.82, 2.24) is 10.6 Å². The average molecular weight is 327 g/mol. The molecule has 1 aromatic rings. The van der Waals surface area contributed by atoms with Crippen LogP contribution in [0.1, 0.15) is 11.7 Å². The standard InChI is InChI=1S/C14H21N3O4S/c1-21-11-22-8-7-15-14(10-17(19)20)16-9-13(18)12-5-3-2-4-6-12/h2-6,10,13,15-16,18H,7-9,11H2,1H3/b14-10+. The highest BCUT2D eigenvalue weighted by molar-refractivity contribution is 7.99. The first kappa shape index (κ1) is 18.3. The minimum absolute atomic E-state index is 0.182. The normalized spacial score (nSPS) is 12.7. The summed E-state index contributed by atoms with van der Waals surface area (Å²) >= 11 is 1.58. The molecule has 0 saturated carbocycles. The number of aliphatic hydroxyl groups is 1. The lowest BCUT2D eigenvalue weighted by Gasteiger charge is -2.15. The van der Waals surface area contributed by atoms with E-state index >= 15 is 0 Å². The Morgan fingerprint density at radius 3 is 2.82 bits per heavy atom. The van der Waals surface area contributed by atoms with Crippen LogP contribution in [0.4, 0.5) is 0 Å². The first-order valence-corrected chi connectivity index (χ1v) is 7.91. The van der Waals surface area contributed by atoms with E-state index in [1.807, 2.05) is 18.2 Å². The summed E-state index contributed by atoms with van der Waals surface area (Å²) < 4.78 is 4.91. The molecule has 0 heterocycles. The second-order valence-electron chi connectivity index (χ2n) is 4.38. The molecular weight excluding hydrogens is 306 g/mol. The molecule has 0 aromatic heterocycles. The lowest BCUT2D eigenvalue weighted by atomic mass is 10.1. The van der Waals surface area contributed by atoms with Crippen molar-refractivity contribution >= 4 is 11.8 Å². The Labute approximate surface area is 133 Å². The summed E-state index contributed by atoms with van der Waals surface area (Å²) in [5.41, 5.74) is 0.756. The summed E-state index contributed by atoms with van der Waals surface area (Å²) in [4.78, 5) is 10.1. The summed E-state index contributed by atoms with van der Waals surface area (Å²) in [6.07, 6.45) is 0.125. The molecule has 0 bridgehead atoms. The van der Waals surface area contributed by atoms with Crippen LogP contribution in [0.3, 0.4) is 0 Å². The van der Waals surface area contributed by atoms with Crippen molar-refractivity contribution in [3.8, 4) is 0 Å². The van der Waals surface area contributed by atoms with Gasteiger partial charge >= 0.3 is 0 Å². The zero-order valence-corrected chi connectivity index (χ0v) is 13.2. The Hall–Kier alpha value is -1.77. The minimum atomic E-state index is -0.735. The molecule has 122 valence electrons. The van der Waals surface area contributed by atoms with Gasteiger partial charge in [-0.1, -0.05) is 30.3 Å². The summed E-state index contributed by atoms with van der Waals surface area (Å²) in [7, 11) is 1.62. The zero-order chi connectivity index (χ0) is 16.2. The molecule has 7 nitrogen and oxygen atoms in total. The minimum Gasteiger partial charge on any atom is -0.387 e. The second kappa shape index (κ2) is 10.9. The Kier molecular flexibility index (Phi) is 9.04. The fraction of sp³-hybridized carbons (Fsp3) is 0.429. The van der Waals surface area contributed by atoms with Crippen LogP contribution in [0.5, 0.6) is 0 Å². The summed E-state index contributed by atoms with van der Waals surface area (Å²) in [5.74, 6) is 1.61. The number of hydrogen-bond donors (Lipinski definition) is 3. The van der Waals surface area contributed by atoms with Gasteiger partial charge in [0, 0.05) is 26.0 Å². The third kappa shape index (κ3) is 7.87. The molecule has 1 rings (SSSR count). The molecular formula is C14H21N3O4S. The van der Waals surface area contributed by atoms with E-state index in [0.717, 1.165) is 17.5 Å². The summed E-state index contributed by atoms with van der Waals surface area (Å²) in [6, 6.07) is 9.13. The maximum Gasteiger partial charge on any atom is 0.274 e. The first-order valence-electron chi connectivity index (χ1n) is 6.76. The zero-order valence-electron chi connectivity index (χ0n) is 12.4. The van der Waals surface area contributed by atoms with Crippen molar-refractivity contribution in [2.45, 2.75) is 6.10 Å². The fourth-order valence-electron chi connectivity index (χ4n) is 1.66. The van der Waals surface area contributed by atoms with Gasteiger partial charge in [-0.05, 0) is 5.56 Å². The number of nitro groups is 1. The smallest absolute Gasteiger partial charge is 0.274 e. The van der Waals surface area contributed by atoms with Gasteiger partial charge < -0.3 is 20.5 Å². The van der Waals surface area contributed by atoms with Crippen LogP contribution in [-0.2, 0) is 4.74 Å². The monoisotopic (exact) mass is 327 g/mol. The van der Waals surface area contributed by atoms with E-state index in [9.17, 15) is 15.2 Å². The van der Waals surface area contributed by atoms with Crippen LogP contribution in [0.25, 0.3) is 0 Å². The number of thioether (sulfide) groups is 1. The number of nitrogens with zero attached hydrogens (tertiary/aromatic N) is 1. The second-order valence-corrected chi connectivity index (χ2v) is 5.43. The number of aliphatic hydroxyl groups excluding tert-OH is 1. The van der Waals surface area contributed by atoms with E-state index in [1.54, 1.807) is 31.0 Å². The van der Waals surface area contributed by atoms with Crippen molar-refractivity contribution in [3.05, 3.63) is 58.0 Å². The Morgan fingerprint density at radius 1 is 1.45 bits per heavy atom. The lowest BCUT2D eigenvalue weighted by Crippen LogP contribution is -2.31. The number of hydrogen-bond acceptors (Lipinski definition) is 7. The molecule has 0 saturated heterocycles. The topological polar surface area (TPSA) is 96.7 Å². The van der Waals surface area contributed by atoms with Gasteiger partial charge in [-0.2, -0.15) is 0 Å².